The molecule has 1 saturated carbocycles. The van der Waals surface area contributed by atoms with E-state index in [2.05, 4.69) is 0 Å². The SMILES string of the molecule is NC1CCC1CC(=O)O. The fourth-order valence-corrected chi connectivity index (χ4v) is 1.07. The average Bonchev–Trinajstić information content (AvgIpc) is 1.79. The first kappa shape index (κ1) is 6.55. The third kappa shape index (κ3) is 1.42. The molecular formula is C6H11NO2. The second-order valence-corrected chi connectivity index (χ2v) is 2.60. The van der Waals surface area contributed by atoms with Crippen LogP contribution in [-0.2, 0) is 4.79 Å². The normalized spacial score (nSPS) is 33.4. The molecule has 3 nitrogen and oxygen atoms in total. The summed E-state index contributed by atoms with van der Waals surface area (Å²) in [6.07, 6.45) is 2.24. The summed E-state index contributed by atoms with van der Waals surface area (Å²) in [5.74, 6) is -0.474. The zero-order valence-electron chi connectivity index (χ0n) is 5.21. The Kier molecular flexibility index (Phi) is 1.71. The lowest BCUT2D eigenvalue weighted by Crippen LogP contribution is -2.40. The molecule has 0 aromatic rings. The van der Waals surface area contributed by atoms with E-state index in [1.165, 1.54) is 0 Å². The van der Waals surface area contributed by atoms with Crippen LogP contribution in [0.2, 0.25) is 0 Å². The van der Waals surface area contributed by atoms with Gasteiger partial charge in [0.2, 0.25) is 0 Å². The first-order valence-corrected chi connectivity index (χ1v) is 3.17. The van der Waals surface area contributed by atoms with E-state index in [9.17, 15) is 4.79 Å². The van der Waals surface area contributed by atoms with Gasteiger partial charge in [0.25, 0.3) is 0 Å². The number of carbonyl (C=O) groups is 1. The third-order valence-electron chi connectivity index (χ3n) is 1.91. The van der Waals surface area contributed by atoms with Crippen LogP contribution < -0.4 is 5.73 Å². The molecule has 0 bridgehead atoms. The average molecular weight is 129 g/mol. The molecule has 1 fully saturated rings. The van der Waals surface area contributed by atoms with Crippen molar-refractivity contribution < 1.29 is 9.90 Å². The number of aliphatic carboxylic acids is 1. The summed E-state index contributed by atoms with van der Waals surface area (Å²) in [4.78, 5) is 10.1. The summed E-state index contributed by atoms with van der Waals surface area (Å²) in [5, 5.41) is 8.31. The van der Waals surface area contributed by atoms with Crippen LogP contribution in [0.25, 0.3) is 0 Å². The fourth-order valence-electron chi connectivity index (χ4n) is 1.07. The molecule has 3 N–H and O–H groups in total. The highest BCUT2D eigenvalue weighted by Gasteiger charge is 2.28. The van der Waals surface area contributed by atoms with Crippen molar-refractivity contribution in [1.82, 2.24) is 0 Å². The van der Waals surface area contributed by atoms with E-state index in [4.69, 9.17) is 10.8 Å². The predicted octanol–water partition coefficient (Wildman–Crippen LogP) is 0.198. The molecular weight excluding hydrogens is 118 g/mol. The number of hydrogen-bond donors (Lipinski definition) is 2. The molecule has 1 aliphatic rings. The second-order valence-electron chi connectivity index (χ2n) is 2.60. The van der Waals surface area contributed by atoms with Crippen LogP contribution in [0.5, 0.6) is 0 Å². The van der Waals surface area contributed by atoms with Crippen molar-refractivity contribution in [2.24, 2.45) is 11.7 Å². The van der Waals surface area contributed by atoms with Gasteiger partial charge in [-0.05, 0) is 18.8 Å². The quantitative estimate of drug-likeness (QED) is 0.559. The van der Waals surface area contributed by atoms with Crippen LogP contribution in [-0.4, -0.2) is 17.1 Å². The Balaban J connectivity index is 2.21. The predicted molar refractivity (Wildman–Crippen MR) is 33.0 cm³/mol. The zero-order chi connectivity index (χ0) is 6.85. The molecule has 9 heavy (non-hydrogen) atoms. The van der Waals surface area contributed by atoms with Crippen molar-refractivity contribution in [2.75, 3.05) is 0 Å². The maximum atomic E-state index is 10.1. The van der Waals surface area contributed by atoms with Crippen molar-refractivity contribution in [1.29, 1.82) is 0 Å². The lowest BCUT2D eigenvalue weighted by molar-refractivity contribution is -0.139. The van der Waals surface area contributed by atoms with Gasteiger partial charge in [-0.1, -0.05) is 0 Å². The van der Waals surface area contributed by atoms with Gasteiger partial charge in [0.1, 0.15) is 0 Å². The van der Waals surface area contributed by atoms with Crippen LogP contribution in [0.15, 0.2) is 0 Å². The van der Waals surface area contributed by atoms with Crippen molar-refractivity contribution in [3.63, 3.8) is 0 Å². The number of carboxylic acid groups (broad SMARTS) is 1. The molecule has 0 saturated heterocycles. The summed E-state index contributed by atoms with van der Waals surface area (Å²) >= 11 is 0. The van der Waals surface area contributed by atoms with Crippen LogP contribution in [0, 0.1) is 5.92 Å². The van der Waals surface area contributed by atoms with Gasteiger partial charge in [-0.2, -0.15) is 0 Å². The van der Waals surface area contributed by atoms with Gasteiger partial charge in [0.15, 0.2) is 0 Å². The highest BCUT2D eigenvalue weighted by Crippen LogP contribution is 2.28. The van der Waals surface area contributed by atoms with Gasteiger partial charge in [0.05, 0.1) is 0 Å². The molecule has 1 rings (SSSR count). The Hall–Kier alpha value is -0.570. The Bertz CT molecular complexity index is 124. The van der Waals surface area contributed by atoms with Crippen LogP contribution in [0.1, 0.15) is 19.3 Å². The molecule has 0 aromatic heterocycles. The zero-order valence-corrected chi connectivity index (χ0v) is 5.21. The molecule has 0 aromatic carbocycles. The standard InChI is InChI=1S/C6H11NO2/c7-5-2-1-4(5)3-6(8)9/h4-5H,1-3,7H2,(H,8,9). The smallest absolute Gasteiger partial charge is 0.303 e. The van der Waals surface area contributed by atoms with E-state index in [1.54, 1.807) is 0 Å². The van der Waals surface area contributed by atoms with E-state index in [1.807, 2.05) is 0 Å². The van der Waals surface area contributed by atoms with Gasteiger partial charge < -0.3 is 10.8 Å². The lowest BCUT2D eigenvalue weighted by Gasteiger charge is -2.31. The molecule has 2 atom stereocenters. The first-order valence-electron chi connectivity index (χ1n) is 3.17. The van der Waals surface area contributed by atoms with E-state index in [0.29, 0.717) is 0 Å². The number of nitrogens with two attached hydrogens (primary N) is 1. The number of carboxylic acids is 1. The van der Waals surface area contributed by atoms with Crippen LogP contribution >= 0.6 is 0 Å². The van der Waals surface area contributed by atoms with Gasteiger partial charge in [0, 0.05) is 12.5 Å². The van der Waals surface area contributed by atoms with Gasteiger partial charge in [-0.25, -0.2) is 0 Å². The minimum atomic E-state index is -0.727. The van der Waals surface area contributed by atoms with Crippen molar-refractivity contribution in [3.8, 4) is 0 Å². The highest BCUT2D eigenvalue weighted by atomic mass is 16.4. The monoisotopic (exact) mass is 129 g/mol. The number of hydrogen-bond acceptors (Lipinski definition) is 2. The molecule has 0 aliphatic heterocycles. The van der Waals surface area contributed by atoms with Crippen LogP contribution in [0.3, 0.4) is 0 Å². The molecule has 52 valence electrons. The van der Waals surface area contributed by atoms with Gasteiger partial charge in [-0.15, -0.1) is 0 Å². The molecule has 0 heterocycles. The van der Waals surface area contributed by atoms with E-state index >= 15 is 0 Å². The Morgan fingerprint density at radius 2 is 2.33 bits per heavy atom. The molecule has 0 amide bonds. The maximum absolute atomic E-state index is 10.1. The molecule has 3 heteroatoms. The molecule has 0 spiro atoms. The highest BCUT2D eigenvalue weighted by molar-refractivity contribution is 5.67. The van der Waals surface area contributed by atoms with E-state index < -0.39 is 5.97 Å². The molecule has 0 radical (unpaired) electrons. The number of rotatable bonds is 2. The first-order chi connectivity index (χ1) is 4.20. The largest absolute Gasteiger partial charge is 0.481 e. The topological polar surface area (TPSA) is 63.3 Å². The van der Waals surface area contributed by atoms with Gasteiger partial charge >= 0.3 is 5.97 Å². The van der Waals surface area contributed by atoms with Crippen molar-refractivity contribution in [3.05, 3.63) is 0 Å². The summed E-state index contributed by atoms with van der Waals surface area (Å²) < 4.78 is 0. The fraction of sp³-hybridized carbons (Fsp3) is 0.833. The van der Waals surface area contributed by atoms with E-state index in [0.717, 1.165) is 12.8 Å². The minimum Gasteiger partial charge on any atom is -0.481 e. The second kappa shape index (κ2) is 2.35. The Morgan fingerprint density at radius 1 is 1.67 bits per heavy atom. The minimum absolute atomic E-state index is 0.154. The maximum Gasteiger partial charge on any atom is 0.303 e. The Labute approximate surface area is 53.9 Å². The van der Waals surface area contributed by atoms with Gasteiger partial charge in [-0.3, -0.25) is 4.79 Å². The molecule has 2 unspecified atom stereocenters. The molecule has 1 aliphatic carbocycles. The summed E-state index contributed by atoms with van der Waals surface area (Å²) in [7, 11) is 0. The van der Waals surface area contributed by atoms with Crippen LogP contribution in [0.4, 0.5) is 0 Å². The summed E-state index contributed by atoms with van der Waals surface area (Å²) in [6.45, 7) is 0. The van der Waals surface area contributed by atoms with Crippen molar-refractivity contribution in [2.45, 2.75) is 25.3 Å². The summed E-state index contributed by atoms with van der Waals surface area (Å²) in [6, 6.07) is 0.154. The summed E-state index contributed by atoms with van der Waals surface area (Å²) in [5.41, 5.74) is 5.51. The van der Waals surface area contributed by atoms with E-state index in [-0.39, 0.29) is 18.4 Å². The Morgan fingerprint density at radius 3 is 2.44 bits per heavy atom. The third-order valence-corrected chi connectivity index (χ3v) is 1.91. The van der Waals surface area contributed by atoms with Crippen molar-refractivity contribution >= 4 is 5.97 Å². The lowest BCUT2D eigenvalue weighted by atomic mass is 9.78.